The molecule has 1 atom stereocenters. The topological polar surface area (TPSA) is 26.7 Å². The van der Waals surface area contributed by atoms with Crippen LogP contribution in [0.4, 0.5) is 5.69 Å². The van der Waals surface area contributed by atoms with Crippen molar-refractivity contribution in [2.75, 3.05) is 5.01 Å². The van der Waals surface area contributed by atoms with E-state index in [1.807, 2.05) is 48.6 Å². The minimum absolute atomic E-state index is 0.272. The van der Waals surface area contributed by atoms with Gasteiger partial charge in [0.1, 0.15) is 5.60 Å². The summed E-state index contributed by atoms with van der Waals surface area (Å²) in [6, 6.07) is 8.23. The molecule has 0 amide bonds. The highest BCUT2D eigenvalue weighted by Gasteiger charge is 2.43. The predicted octanol–water partition coefficient (Wildman–Crippen LogP) is 3.90. The van der Waals surface area contributed by atoms with Crippen LogP contribution in [0, 0.1) is 5.41 Å². The number of fused-ring (bicyclic) bond motifs is 3. The molecule has 2 aliphatic rings. The molecule has 3 nitrogen and oxygen atoms in total. The molecule has 2 aliphatic heterocycles. The number of aliphatic hydroxyl groups is 1. The number of benzene rings is 1. The molecule has 0 spiro atoms. The summed E-state index contributed by atoms with van der Waals surface area (Å²) in [6.07, 6.45) is 10.1. The van der Waals surface area contributed by atoms with Crippen LogP contribution in [0.5, 0.6) is 0 Å². The fourth-order valence-corrected chi connectivity index (χ4v) is 2.58. The van der Waals surface area contributed by atoms with E-state index in [-0.39, 0.29) is 5.41 Å². The number of para-hydroxylation sites is 1. The quantitative estimate of drug-likeness (QED) is 0.846. The van der Waals surface area contributed by atoms with Crippen molar-refractivity contribution in [2.45, 2.75) is 33.3 Å². The molecule has 1 aromatic carbocycles. The van der Waals surface area contributed by atoms with Gasteiger partial charge < -0.3 is 5.11 Å². The molecule has 0 bridgehead atoms. The van der Waals surface area contributed by atoms with Gasteiger partial charge in [0.05, 0.1) is 11.4 Å². The minimum atomic E-state index is -0.950. The summed E-state index contributed by atoms with van der Waals surface area (Å²) in [5.74, 6) is 0. The Balaban J connectivity index is 2.19. The van der Waals surface area contributed by atoms with Crippen LogP contribution < -0.4 is 5.01 Å². The van der Waals surface area contributed by atoms with Gasteiger partial charge in [-0.05, 0) is 36.6 Å². The molecule has 0 saturated heterocycles. The Morgan fingerprint density at radius 3 is 2.19 bits per heavy atom. The third kappa shape index (κ3) is 2.09. The summed E-state index contributed by atoms with van der Waals surface area (Å²) in [5, 5.41) is 15.2. The van der Waals surface area contributed by atoms with Crippen LogP contribution in [0.2, 0.25) is 0 Å². The molecule has 3 heteroatoms. The SMILES string of the molecule is CC(C)(C)C(C)(O)C1=Cc2ccccc2N2C=CC=CN12. The van der Waals surface area contributed by atoms with E-state index in [9.17, 15) is 5.11 Å². The molecule has 0 aromatic heterocycles. The molecule has 3 rings (SSSR count). The predicted molar refractivity (Wildman–Crippen MR) is 87.1 cm³/mol. The Morgan fingerprint density at radius 1 is 0.905 bits per heavy atom. The number of anilines is 1. The lowest BCUT2D eigenvalue weighted by Gasteiger charge is -2.48. The molecular weight excluding hydrogens is 260 g/mol. The summed E-state index contributed by atoms with van der Waals surface area (Å²) >= 11 is 0. The van der Waals surface area contributed by atoms with Crippen molar-refractivity contribution in [3.8, 4) is 0 Å². The fourth-order valence-electron chi connectivity index (χ4n) is 2.58. The lowest BCUT2D eigenvalue weighted by Crippen LogP contribution is -2.51. The number of allylic oxidation sites excluding steroid dienone is 2. The van der Waals surface area contributed by atoms with Gasteiger partial charge in [0.15, 0.2) is 0 Å². The van der Waals surface area contributed by atoms with Gasteiger partial charge in [-0.15, -0.1) is 0 Å². The van der Waals surface area contributed by atoms with Gasteiger partial charge in [0.2, 0.25) is 0 Å². The van der Waals surface area contributed by atoms with Crippen LogP contribution in [0.3, 0.4) is 0 Å². The third-order valence-electron chi connectivity index (χ3n) is 4.48. The van der Waals surface area contributed by atoms with E-state index >= 15 is 0 Å². The van der Waals surface area contributed by atoms with E-state index in [2.05, 4.69) is 44.0 Å². The van der Waals surface area contributed by atoms with Crippen molar-refractivity contribution in [2.24, 2.45) is 5.41 Å². The van der Waals surface area contributed by atoms with Crippen LogP contribution in [-0.2, 0) is 0 Å². The van der Waals surface area contributed by atoms with Crippen molar-refractivity contribution in [1.29, 1.82) is 0 Å². The summed E-state index contributed by atoms with van der Waals surface area (Å²) in [6.45, 7) is 8.06. The average Bonchev–Trinajstić information content (AvgIpc) is 2.45. The summed E-state index contributed by atoms with van der Waals surface area (Å²) in [7, 11) is 0. The monoisotopic (exact) mass is 282 g/mol. The van der Waals surface area contributed by atoms with Gasteiger partial charge in [0, 0.05) is 18.0 Å². The number of hydrogen-bond acceptors (Lipinski definition) is 3. The van der Waals surface area contributed by atoms with Crippen LogP contribution in [0.1, 0.15) is 33.3 Å². The molecule has 1 aromatic rings. The Morgan fingerprint density at radius 2 is 1.52 bits per heavy atom. The van der Waals surface area contributed by atoms with Crippen LogP contribution >= 0.6 is 0 Å². The summed E-state index contributed by atoms with van der Waals surface area (Å²) < 4.78 is 0. The smallest absolute Gasteiger partial charge is 0.108 e. The lowest BCUT2D eigenvalue weighted by molar-refractivity contribution is -0.0244. The van der Waals surface area contributed by atoms with Gasteiger partial charge in [-0.2, -0.15) is 0 Å². The first kappa shape index (κ1) is 14.0. The molecule has 1 N–H and O–H groups in total. The lowest BCUT2D eigenvalue weighted by atomic mass is 9.74. The summed E-state index contributed by atoms with van der Waals surface area (Å²) in [5.41, 5.74) is 1.90. The molecule has 0 saturated carbocycles. The molecule has 0 fully saturated rings. The molecule has 21 heavy (non-hydrogen) atoms. The zero-order valence-corrected chi connectivity index (χ0v) is 13.0. The summed E-state index contributed by atoms with van der Waals surface area (Å²) in [4.78, 5) is 0. The normalized spacial score (nSPS) is 19.8. The van der Waals surface area contributed by atoms with Crippen molar-refractivity contribution in [3.05, 3.63) is 60.1 Å². The first-order valence-corrected chi connectivity index (χ1v) is 7.29. The zero-order chi connectivity index (χ0) is 15.3. The zero-order valence-electron chi connectivity index (χ0n) is 13.0. The maximum atomic E-state index is 11.1. The van der Waals surface area contributed by atoms with Gasteiger partial charge in [-0.25, -0.2) is 0 Å². The second kappa shape index (κ2) is 4.50. The van der Waals surface area contributed by atoms with Crippen molar-refractivity contribution < 1.29 is 5.11 Å². The maximum Gasteiger partial charge on any atom is 0.108 e. The van der Waals surface area contributed by atoms with Crippen LogP contribution in [-0.4, -0.2) is 15.7 Å². The van der Waals surface area contributed by atoms with E-state index in [1.54, 1.807) is 0 Å². The van der Waals surface area contributed by atoms with Crippen molar-refractivity contribution in [3.63, 3.8) is 0 Å². The highest BCUT2D eigenvalue weighted by Crippen LogP contribution is 2.43. The maximum absolute atomic E-state index is 11.1. The number of hydrogen-bond donors (Lipinski definition) is 1. The molecular formula is C18H22N2O. The highest BCUT2D eigenvalue weighted by molar-refractivity contribution is 5.74. The second-order valence-corrected chi connectivity index (χ2v) is 6.78. The first-order valence-electron chi connectivity index (χ1n) is 7.29. The molecule has 1 unspecified atom stereocenters. The van der Waals surface area contributed by atoms with E-state index in [1.165, 1.54) is 0 Å². The molecule has 0 aliphatic carbocycles. The first-order chi connectivity index (χ1) is 9.82. The number of rotatable bonds is 1. The number of nitrogens with zero attached hydrogens (tertiary/aromatic N) is 2. The van der Waals surface area contributed by atoms with E-state index in [0.717, 1.165) is 16.9 Å². The average molecular weight is 282 g/mol. The molecule has 2 heterocycles. The van der Waals surface area contributed by atoms with E-state index < -0.39 is 5.60 Å². The Kier molecular flexibility index (Phi) is 2.99. The van der Waals surface area contributed by atoms with Crippen molar-refractivity contribution in [1.82, 2.24) is 5.01 Å². The largest absolute Gasteiger partial charge is 0.383 e. The fraction of sp³-hybridized carbons (Fsp3) is 0.333. The Labute approximate surface area is 126 Å². The Bertz CT molecular complexity index is 647. The number of hydrazine groups is 1. The van der Waals surface area contributed by atoms with Gasteiger partial charge in [0.25, 0.3) is 0 Å². The van der Waals surface area contributed by atoms with Crippen molar-refractivity contribution >= 4 is 11.8 Å². The van der Waals surface area contributed by atoms with Crippen LogP contribution in [0.15, 0.2) is 54.5 Å². The minimum Gasteiger partial charge on any atom is -0.383 e. The van der Waals surface area contributed by atoms with Gasteiger partial charge >= 0.3 is 0 Å². The second-order valence-electron chi connectivity index (χ2n) is 6.78. The van der Waals surface area contributed by atoms with E-state index in [4.69, 9.17) is 0 Å². The van der Waals surface area contributed by atoms with Gasteiger partial charge in [-0.1, -0.05) is 39.0 Å². The van der Waals surface area contributed by atoms with Gasteiger partial charge in [-0.3, -0.25) is 10.0 Å². The molecule has 110 valence electrons. The third-order valence-corrected chi connectivity index (χ3v) is 4.48. The molecule has 0 radical (unpaired) electrons. The Hall–Kier alpha value is -2.00. The standard InChI is InChI=1S/C18H22N2O/c1-17(2,3)18(4,21)16-13-14-9-5-6-10-15(14)19-11-7-8-12-20(16)19/h5-13,21H,1-4H3. The van der Waals surface area contributed by atoms with Crippen LogP contribution in [0.25, 0.3) is 6.08 Å². The van der Waals surface area contributed by atoms with E-state index in [0.29, 0.717) is 0 Å². The highest BCUT2D eigenvalue weighted by atomic mass is 16.3.